The van der Waals surface area contributed by atoms with E-state index in [2.05, 4.69) is 42.8 Å². The first kappa shape index (κ1) is 11.2. The molecule has 66 valence electrons. The molecule has 1 heteroatoms. The van der Waals surface area contributed by atoms with Gasteiger partial charge in [0.15, 0.2) is 0 Å². The molecule has 0 N–H and O–H groups in total. The topological polar surface area (TPSA) is 0 Å². The van der Waals surface area contributed by atoms with Gasteiger partial charge in [-0.15, -0.1) is 0 Å². The van der Waals surface area contributed by atoms with E-state index in [1.54, 1.807) is 0 Å². The van der Waals surface area contributed by atoms with E-state index >= 15 is 0 Å². The fourth-order valence-corrected chi connectivity index (χ4v) is 1.12. The van der Waals surface area contributed by atoms with Crippen molar-refractivity contribution in [1.82, 2.24) is 0 Å². The maximum Gasteiger partial charge on any atom is 0.0146 e. The van der Waals surface area contributed by atoms with Crippen molar-refractivity contribution in [3.05, 3.63) is 11.6 Å². The molecule has 0 aromatic rings. The summed E-state index contributed by atoms with van der Waals surface area (Å²) in [5.41, 5.74) is 1.51. The first-order chi connectivity index (χ1) is 5.20. The standard InChI is InChI=1S/C10H19Br/c1-4-9(3)7-6-8-10(11)5-2/h7,10H,4-6,8H2,1-3H3. The van der Waals surface area contributed by atoms with Gasteiger partial charge in [-0.2, -0.15) is 0 Å². The Balaban J connectivity index is 3.39. The molecule has 0 fully saturated rings. The Morgan fingerprint density at radius 2 is 2.09 bits per heavy atom. The molecular formula is C10H19Br. The zero-order chi connectivity index (χ0) is 8.69. The molecule has 0 aliphatic heterocycles. The molecule has 0 aliphatic carbocycles. The lowest BCUT2D eigenvalue weighted by atomic mass is 10.1. The Hall–Kier alpha value is 0.220. The second-order valence-corrected chi connectivity index (χ2v) is 4.28. The Kier molecular flexibility index (Phi) is 7.04. The van der Waals surface area contributed by atoms with Gasteiger partial charge >= 0.3 is 0 Å². The zero-order valence-electron chi connectivity index (χ0n) is 7.86. The fraction of sp³-hybridized carbons (Fsp3) is 0.800. The van der Waals surface area contributed by atoms with E-state index in [0.717, 1.165) is 0 Å². The summed E-state index contributed by atoms with van der Waals surface area (Å²) in [4.78, 5) is 0.711. The molecule has 0 spiro atoms. The summed E-state index contributed by atoms with van der Waals surface area (Å²) in [5.74, 6) is 0. The van der Waals surface area contributed by atoms with Crippen molar-refractivity contribution in [2.45, 2.75) is 51.3 Å². The van der Waals surface area contributed by atoms with Crippen molar-refractivity contribution < 1.29 is 0 Å². The second kappa shape index (κ2) is 6.90. The molecule has 0 bridgehead atoms. The highest BCUT2D eigenvalue weighted by Crippen LogP contribution is 2.13. The number of alkyl halides is 1. The predicted molar refractivity (Wildman–Crippen MR) is 56.3 cm³/mol. The minimum Gasteiger partial charge on any atom is -0.0891 e. The third-order valence-corrected chi connectivity index (χ3v) is 3.08. The SMILES string of the molecule is CCC(C)=CCCC(Br)CC. The Labute approximate surface area is 79.2 Å². The minimum absolute atomic E-state index is 0.711. The first-order valence-corrected chi connectivity index (χ1v) is 5.42. The van der Waals surface area contributed by atoms with Crippen molar-refractivity contribution in [1.29, 1.82) is 0 Å². The van der Waals surface area contributed by atoms with Gasteiger partial charge in [0.1, 0.15) is 0 Å². The van der Waals surface area contributed by atoms with Gasteiger partial charge in [0.05, 0.1) is 0 Å². The first-order valence-electron chi connectivity index (χ1n) is 4.50. The van der Waals surface area contributed by atoms with Gasteiger partial charge in [0, 0.05) is 4.83 Å². The number of rotatable bonds is 5. The maximum absolute atomic E-state index is 3.62. The third-order valence-electron chi connectivity index (χ3n) is 1.97. The summed E-state index contributed by atoms with van der Waals surface area (Å²) in [6, 6.07) is 0. The van der Waals surface area contributed by atoms with Crippen LogP contribution in [-0.4, -0.2) is 4.83 Å². The molecule has 1 unspecified atom stereocenters. The molecule has 11 heavy (non-hydrogen) atoms. The number of halogens is 1. The molecule has 0 amide bonds. The van der Waals surface area contributed by atoms with Crippen LogP contribution in [0.15, 0.2) is 11.6 Å². The van der Waals surface area contributed by atoms with E-state index in [1.807, 2.05) is 0 Å². The minimum atomic E-state index is 0.711. The van der Waals surface area contributed by atoms with Crippen LogP contribution in [0.3, 0.4) is 0 Å². The molecule has 0 aliphatic rings. The normalized spacial score (nSPS) is 15.1. The monoisotopic (exact) mass is 218 g/mol. The number of hydrogen-bond donors (Lipinski definition) is 0. The van der Waals surface area contributed by atoms with Crippen LogP contribution in [0, 0.1) is 0 Å². The lowest BCUT2D eigenvalue weighted by Gasteiger charge is -2.03. The van der Waals surface area contributed by atoms with Crippen LogP contribution in [0.2, 0.25) is 0 Å². The molecule has 0 aromatic carbocycles. The van der Waals surface area contributed by atoms with E-state index in [0.29, 0.717) is 4.83 Å². The molecular weight excluding hydrogens is 200 g/mol. The lowest BCUT2D eigenvalue weighted by Crippen LogP contribution is -1.92. The van der Waals surface area contributed by atoms with Crippen molar-refractivity contribution in [2.24, 2.45) is 0 Å². The van der Waals surface area contributed by atoms with Gasteiger partial charge < -0.3 is 0 Å². The molecule has 0 radical (unpaired) electrons. The maximum atomic E-state index is 3.62. The van der Waals surface area contributed by atoms with Crippen LogP contribution in [0.1, 0.15) is 46.5 Å². The highest BCUT2D eigenvalue weighted by molar-refractivity contribution is 9.09. The molecule has 1 atom stereocenters. The summed E-state index contributed by atoms with van der Waals surface area (Å²) in [7, 11) is 0. The largest absolute Gasteiger partial charge is 0.0891 e. The van der Waals surface area contributed by atoms with Gasteiger partial charge in [-0.05, 0) is 32.6 Å². The quantitative estimate of drug-likeness (QED) is 0.477. The van der Waals surface area contributed by atoms with E-state index in [4.69, 9.17) is 0 Å². The molecule has 0 aromatic heterocycles. The average molecular weight is 219 g/mol. The van der Waals surface area contributed by atoms with Crippen molar-refractivity contribution in [3.63, 3.8) is 0 Å². The predicted octanol–water partition coefficient (Wildman–Crippen LogP) is 4.30. The molecule has 0 saturated heterocycles. The summed E-state index contributed by atoms with van der Waals surface area (Å²) in [5, 5.41) is 0. The van der Waals surface area contributed by atoms with Crippen LogP contribution in [0.5, 0.6) is 0 Å². The Morgan fingerprint density at radius 1 is 1.45 bits per heavy atom. The Morgan fingerprint density at radius 3 is 2.55 bits per heavy atom. The summed E-state index contributed by atoms with van der Waals surface area (Å²) in [6.45, 7) is 6.63. The molecule has 0 nitrogen and oxygen atoms in total. The van der Waals surface area contributed by atoms with Gasteiger partial charge in [-0.1, -0.05) is 41.4 Å². The van der Waals surface area contributed by atoms with Crippen LogP contribution in [0.25, 0.3) is 0 Å². The van der Waals surface area contributed by atoms with E-state index in [1.165, 1.54) is 31.3 Å². The molecule has 0 saturated carbocycles. The summed E-state index contributed by atoms with van der Waals surface area (Å²) in [6.07, 6.45) is 7.28. The van der Waals surface area contributed by atoms with E-state index in [-0.39, 0.29) is 0 Å². The zero-order valence-corrected chi connectivity index (χ0v) is 9.45. The second-order valence-electron chi connectivity index (χ2n) is 2.99. The highest BCUT2D eigenvalue weighted by Gasteiger charge is 1.97. The smallest absolute Gasteiger partial charge is 0.0146 e. The van der Waals surface area contributed by atoms with E-state index < -0.39 is 0 Å². The number of allylic oxidation sites excluding steroid dienone is 2. The van der Waals surface area contributed by atoms with Crippen molar-refractivity contribution >= 4 is 15.9 Å². The number of hydrogen-bond acceptors (Lipinski definition) is 0. The lowest BCUT2D eigenvalue weighted by molar-refractivity contribution is 0.755. The van der Waals surface area contributed by atoms with Gasteiger partial charge in [-0.3, -0.25) is 0 Å². The van der Waals surface area contributed by atoms with Crippen molar-refractivity contribution in [2.75, 3.05) is 0 Å². The average Bonchev–Trinajstić information content (AvgIpc) is 2.04. The van der Waals surface area contributed by atoms with Crippen LogP contribution < -0.4 is 0 Å². The highest BCUT2D eigenvalue weighted by atomic mass is 79.9. The van der Waals surface area contributed by atoms with Gasteiger partial charge in [0.25, 0.3) is 0 Å². The van der Waals surface area contributed by atoms with Gasteiger partial charge in [-0.25, -0.2) is 0 Å². The fourth-order valence-electron chi connectivity index (χ4n) is 0.859. The third kappa shape index (κ3) is 6.61. The van der Waals surface area contributed by atoms with Crippen LogP contribution in [0.4, 0.5) is 0 Å². The summed E-state index contributed by atoms with van der Waals surface area (Å²) >= 11 is 3.62. The van der Waals surface area contributed by atoms with Crippen molar-refractivity contribution in [3.8, 4) is 0 Å². The van der Waals surface area contributed by atoms with E-state index in [9.17, 15) is 0 Å². The molecule has 0 heterocycles. The Bertz CT molecular complexity index is 116. The van der Waals surface area contributed by atoms with Gasteiger partial charge in [0.2, 0.25) is 0 Å². The summed E-state index contributed by atoms with van der Waals surface area (Å²) < 4.78 is 0. The van der Waals surface area contributed by atoms with Crippen LogP contribution in [-0.2, 0) is 0 Å². The molecule has 0 rings (SSSR count). The van der Waals surface area contributed by atoms with Crippen LogP contribution >= 0.6 is 15.9 Å².